The second kappa shape index (κ2) is 9.70. The summed E-state index contributed by atoms with van der Waals surface area (Å²) in [7, 11) is 0. The van der Waals surface area contributed by atoms with Gasteiger partial charge in [0, 0.05) is 23.7 Å². The zero-order valence-corrected chi connectivity index (χ0v) is 14.1. The summed E-state index contributed by atoms with van der Waals surface area (Å²) in [5.41, 5.74) is 2.62. The Kier molecular flexibility index (Phi) is 7.26. The van der Waals surface area contributed by atoms with Gasteiger partial charge in [0.05, 0.1) is 13.2 Å². The average Bonchev–Trinajstić information content (AvgIpc) is 2.59. The van der Waals surface area contributed by atoms with Crippen LogP contribution in [0.15, 0.2) is 54.6 Å². The van der Waals surface area contributed by atoms with Gasteiger partial charge >= 0.3 is 0 Å². The molecule has 0 aromatic heterocycles. The van der Waals surface area contributed by atoms with E-state index in [4.69, 9.17) is 9.47 Å². The molecule has 2 aromatic carbocycles. The topological polar surface area (TPSA) is 59.6 Å². The molecule has 0 fully saturated rings. The standard InChI is InChI=1S/C19H24N2O3/c1-3-23-12-13-24-15(2)19(22)21-18-11-7-10-17(14-18)20-16-8-5-4-6-9-16/h4-11,14-15,20H,3,12-13H2,1-2H3,(H,21,22). The van der Waals surface area contributed by atoms with Gasteiger partial charge in [-0.25, -0.2) is 0 Å². The van der Waals surface area contributed by atoms with E-state index in [2.05, 4.69) is 10.6 Å². The first-order valence-corrected chi connectivity index (χ1v) is 8.11. The van der Waals surface area contributed by atoms with E-state index in [-0.39, 0.29) is 5.91 Å². The van der Waals surface area contributed by atoms with Crippen molar-refractivity contribution in [2.24, 2.45) is 0 Å². The summed E-state index contributed by atoms with van der Waals surface area (Å²) >= 11 is 0. The lowest BCUT2D eigenvalue weighted by Gasteiger charge is -2.14. The Morgan fingerprint density at radius 1 is 1.00 bits per heavy atom. The van der Waals surface area contributed by atoms with Gasteiger partial charge in [0.25, 0.3) is 5.91 Å². The Morgan fingerprint density at radius 2 is 1.71 bits per heavy atom. The highest BCUT2D eigenvalue weighted by atomic mass is 16.5. The zero-order chi connectivity index (χ0) is 17.2. The molecule has 1 atom stereocenters. The summed E-state index contributed by atoms with van der Waals surface area (Å²) in [6, 6.07) is 17.4. The van der Waals surface area contributed by atoms with E-state index < -0.39 is 6.10 Å². The third-order valence-corrected chi connectivity index (χ3v) is 3.36. The largest absolute Gasteiger partial charge is 0.379 e. The number of hydrogen-bond acceptors (Lipinski definition) is 4. The van der Waals surface area contributed by atoms with Crippen molar-refractivity contribution < 1.29 is 14.3 Å². The van der Waals surface area contributed by atoms with Crippen molar-refractivity contribution in [3.8, 4) is 0 Å². The summed E-state index contributed by atoms with van der Waals surface area (Å²) in [5.74, 6) is -0.177. The van der Waals surface area contributed by atoms with Crippen LogP contribution in [0.25, 0.3) is 0 Å². The molecule has 5 nitrogen and oxygen atoms in total. The Labute approximate surface area is 143 Å². The van der Waals surface area contributed by atoms with Crippen LogP contribution in [0, 0.1) is 0 Å². The molecule has 2 N–H and O–H groups in total. The van der Waals surface area contributed by atoms with Crippen molar-refractivity contribution in [1.82, 2.24) is 0 Å². The van der Waals surface area contributed by atoms with Gasteiger partial charge in [-0.1, -0.05) is 24.3 Å². The number of benzene rings is 2. The second-order valence-corrected chi connectivity index (χ2v) is 5.27. The molecule has 24 heavy (non-hydrogen) atoms. The molecular weight excluding hydrogens is 304 g/mol. The molecule has 0 spiro atoms. The molecule has 5 heteroatoms. The van der Waals surface area contributed by atoms with E-state index in [1.54, 1.807) is 6.92 Å². The first-order chi connectivity index (χ1) is 11.7. The summed E-state index contributed by atoms with van der Waals surface area (Å²) < 4.78 is 10.6. The van der Waals surface area contributed by atoms with Gasteiger partial charge in [0.2, 0.25) is 0 Å². The van der Waals surface area contributed by atoms with Crippen molar-refractivity contribution in [2.45, 2.75) is 20.0 Å². The molecule has 0 heterocycles. The number of carbonyl (C=O) groups excluding carboxylic acids is 1. The van der Waals surface area contributed by atoms with Gasteiger partial charge in [0.1, 0.15) is 6.10 Å². The monoisotopic (exact) mass is 328 g/mol. The van der Waals surface area contributed by atoms with E-state index in [1.807, 2.05) is 61.5 Å². The van der Waals surface area contributed by atoms with Crippen LogP contribution in [0.5, 0.6) is 0 Å². The molecule has 0 aliphatic heterocycles. The molecule has 2 aromatic rings. The maximum atomic E-state index is 12.1. The lowest BCUT2D eigenvalue weighted by Crippen LogP contribution is -2.28. The molecule has 0 radical (unpaired) electrons. The summed E-state index contributed by atoms with van der Waals surface area (Å²) in [5, 5.41) is 6.16. The van der Waals surface area contributed by atoms with Crippen molar-refractivity contribution in [3.63, 3.8) is 0 Å². The number of rotatable bonds is 9. The number of anilines is 3. The van der Waals surface area contributed by atoms with E-state index >= 15 is 0 Å². The summed E-state index contributed by atoms with van der Waals surface area (Å²) in [6.07, 6.45) is -0.531. The lowest BCUT2D eigenvalue weighted by atomic mass is 10.2. The minimum atomic E-state index is -0.531. The Morgan fingerprint density at radius 3 is 2.46 bits per heavy atom. The number of hydrogen-bond donors (Lipinski definition) is 2. The highest BCUT2D eigenvalue weighted by Gasteiger charge is 2.13. The Hall–Kier alpha value is -2.37. The Bertz CT molecular complexity index is 632. The van der Waals surface area contributed by atoms with Crippen LogP contribution in [0.1, 0.15) is 13.8 Å². The fourth-order valence-electron chi connectivity index (χ4n) is 2.11. The number of amides is 1. The van der Waals surface area contributed by atoms with Crippen LogP contribution in [0.4, 0.5) is 17.1 Å². The fourth-order valence-corrected chi connectivity index (χ4v) is 2.11. The van der Waals surface area contributed by atoms with Gasteiger partial charge in [0.15, 0.2) is 0 Å². The maximum Gasteiger partial charge on any atom is 0.253 e. The molecule has 0 bridgehead atoms. The normalized spacial score (nSPS) is 11.8. The summed E-state index contributed by atoms with van der Waals surface area (Å²) in [6.45, 7) is 5.19. The molecule has 2 rings (SSSR count). The summed E-state index contributed by atoms with van der Waals surface area (Å²) in [4.78, 5) is 12.1. The smallest absolute Gasteiger partial charge is 0.253 e. The van der Waals surface area contributed by atoms with E-state index in [0.29, 0.717) is 19.8 Å². The van der Waals surface area contributed by atoms with Gasteiger partial charge in [-0.15, -0.1) is 0 Å². The average molecular weight is 328 g/mol. The predicted molar refractivity (Wildman–Crippen MR) is 96.7 cm³/mol. The highest BCUT2D eigenvalue weighted by Crippen LogP contribution is 2.20. The number of ether oxygens (including phenoxy) is 2. The van der Waals surface area contributed by atoms with Gasteiger partial charge in [-0.05, 0) is 44.2 Å². The Balaban J connectivity index is 1.88. The van der Waals surface area contributed by atoms with Gasteiger partial charge < -0.3 is 20.1 Å². The van der Waals surface area contributed by atoms with Crippen molar-refractivity contribution in [2.75, 3.05) is 30.5 Å². The maximum absolute atomic E-state index is 12.1. The van der Waals surface area contributed by atoms with Crippen molar-refractivity contribution in [1.29, 1.82) is 0 Å². The fraction of sp³-hybridized carbons (Fsp3) is 0.316. The number of nitrogens with one attached hydrogen (secondary N) is 2. The quantitative estimate of drug-likeness (QED) is 0.687. The van der Waals surface area contributed by atoms with E-state index in [1.165, 1.54) is 0 Å². The molecule has 0 aliphatic carbocycles. The van der Waals surface area contributed by atoms with Crippen LogP contribution in [0.3, 0.4) is 0 Å². The molecule has 1 amide bonds. The van der Waals surface area contributed by atoms with Crippen molar-refractivity contribution >= 4 is 23.0 Å². The van der Waals surface area contributed by atoms with E-state index in [0.717, 1.165) is 17.1 Å². The minimum Gasteiger partial charge on any atom is -0.379 e. The van der Waals surface area contributed by atoms with Crippen LogP contribution in [-0.4, -0.2) is 31.8 Å². The molecule has 128 valence electrons. The van der Waals surface area contributed by atoms with Crippen LogP contribution >= 0.6 is 0 Å². The van der Waals surface area contributed by atoms with Gasteiger partial charge in [-0.2, -0.15) is 0 Å². The van der Waals surface area contributed by atoms with Gasteiger partial charge in [-0.3, -0.25) is 4.79 Å². The highest BCUT2D eigenvalue weighted by molar-refractivity contribution is 5.94. The first kappa shape index (κ1) is 18.0. The van der Waals surface area contributed by atoms with Crippen molar-refractivity contribution in [3.05, 3.63) is 54.6 Å². The van der Waals surface area contributed by atoms with Crippen LogP contribution < -0.4 is 10.6 Å². The number of para-hydroxylation sites is 1. The molecule has 0 saturated carbocycles. The molecular formula is C19H24N2O3. The third-order valence-electron chi connectivity index (χ3n) is 3.36. The predicted octanol–water partition coefficient (Wildman–Crippen LogP) is 3.81. The van der Waals surface area contributed by atoms with E-state index in [9.17, 15) is 4.79 Å². The molecule has 0 saturated heterocycles. The first-order valence-electron chi connectivity index (χ1n) is 8.11. The van der Waals surface area contributed by atoms with Crippen LogP contribution in [-0.2, 0) is 14.3 Å². The SMILES string of the molecule is CCOCCOC(C)C(=O)Nc1cccc(Nc2ccccc2)c1. The molecule has 0 aliphatic rings. The lowest BCUT2D eigenvalue weighted by molar-refractivity contribution is -0.127. The third kappa shape index (κ3) is 6.02. The zero-order valence-electron chi connectivity index (χ0n) is 14.1. The van der Waals surface area contributed by atoms with Crippen LogP contribution in [0.2, 0.25) is 0 Å². The second-order valence-electron chi connectivity index (χ2n) is 5.27. The minimum absolute atomic E-state index is 0.177. The number of carbonyl (C=O) groups is 1. The molecule has 1 unspecified atom stereocenters.